The number of pyridine rings is 1. The number of rotatable bonds is 3. The molecule has 6 heteroatoms. The van der Waals surface area contributed by atoms with Crippen molar-refractivity contribution in [3.8, 4) is 0 Å². The molecule has 104 valence electrons. The van der Waals surface area contributed by atoms with Crippen molar-refractivity contribution in [2.75, 3.05) is 20.7 Å². The Bertz CT molecular complexity index is 720. The van der Waals surface area contributed by atoms with E-state index in [1.165, 1.54) is 25.1 Å². The van der Waals surface area contributed by atoms with Crippen molar-refractivity contribution in [1.82, 2.24) is 9.88 Å². The lowest BCUT2D eigenvalue weighted by molar-refractivity contribution is -0.141. The number of methoxy groups -OCH3 is 1. The number of benzene rings is 1. The molecule has 0 spiro atoms. The number of carbonyl (C=O) groups excluding carboxylic acids is 2. The minimum Gasteiger partial charge on any atom is -0.468 e. The molecule has 6 nitrogen and oxygen atoms in total. The van der Waals surface area contributed by atoms with Crippen LogP contribution in [0.1, 0.15) is 10.5 Å². The van der Waals surface area contributed by atoms with Crippen LogP contribution in [-0.4, -0.2) is 42.5 Å². The molecule has 1 heterocycles. The fourth-order valence-electron chi connectivity index (χ4n) is 1.85. The third kappa shape index (κ3) is 2.69. The van der Waals surface area contributed by atoms with Crippen LogP contribution in [0.25, 0.3) is 10.9 Å². The Balaban J connectivity index is 2.35. The molecule has 0 aliphatic carbocycles. The van der Waals surface area contributed by atoms with Crippen molar-refractivity contribution in [3.63, 3.8) is 0 Å². The molecule has 0 fully saturated rings. The lowest BCUT2D eigenvalue weighted by atomic mass is 10.2. The number of H-pyrrole nitrogens is 1. The van der Waals surface area contributed by atoms with E-state index < -0.39 is 11.9 Å². The molecular formula is C14H14N2O4. The normalized spacial score (nSPS) is 10.3. The second kappa shape index (κ2) is 5.56. The van der Waals surface area contributed by atoms with Gasteiger partial charge in [0.15, 0.2) is 5.43 Å². The molecule has 2 rings (SSSR count). The molecule has 0 saturated carbocycles. The van der Waals surface area contributed by atoms with Crippen molar-refractivity contribution in [2.45, 2.75) is 0 Å². The number of aromatic nitrogens is 1. The van der Waals surface area contributed by atoms with Crippen LogP contribution in [0.3, 0.4) is 0 Å². The summed E-state index contributed by atoms with van der Waals surface area (Å²) in [5.41, 5.74) is 0.476. The van der Waals surface area contributed by atoms with E-state index in [1.807, 2.05) is 0 Å². The number of nitrogens with zero attached hydrogens (tertiary/aromatic N) is 1. The molecule has 1 amide bonds. The molecular weight excluding hydrogens is 260 g/mol. The van der Waals surface area contributed by atoms with Gasteiger partial charge in [0.25, 0.3) is 5.91 Å². The van der Waals surface area contributed by atoms with Crippen LogP contribution in [-0.2, 0) is 9.53 Å². The summed E-state index contributed by atoms with van der Waals surface area (Å²) in [5, 5.41) is 0.514. The fourth-order valence-corrected chi connectivity index (χ4v) is 1.85. The number of hydrogen-bond acceptors (Lipinski definition) is 4. The van der Waals surface area contributed by atoms with E-state index in [1.54, 1.807) is 24.3 Å². The summed E-state index contributed by atoms with van der Waals surface area (Å²) in [6.07, 6.45) is 0. The standard InChI is InChI=1S/C14H14N2O4/c1-16(8-13(18)20-2)14(19)11-7-12(17)9-5-3-4-6-10(9)15-11/h3-7H,8H2,1-2H3,(H,15,17). The minimum atomic E-state index is -0.524. The Hall–Kier alpha value is -2.63. The van der Waals surface area contributed by atoms with Crippen molar-refractivity contribution < 1.29 is 14.3 Å². The maximum Gasteiger partial charge on any atom is 0.325 e. The van der Waals surface area contributed by atoms with E-state index in [2.05, 4.69) is 9.72 Å². The zero-order valence-electron chi connectivity index (χ0n) is 11.2. The predicted octanol–water partition coefficient (Wildman–Crippen LogP) is 0.773. The first-order valence-corrected chi connectivity index (χ1v) is 5.97. The van der Waals surface area contributed by atoms with Gasteiger partial charge in [-0.2, -0.15) is 0 Å². The van der Waals surface area contributed by atoms with Crippen molar-refractivity contribution in [1.29, 1.82) is 0 Å². The summed E-state index contributed by atoms with van der Waals surface area (Å²) in [4.78, 5) is 39.3. The van der Waals surface area contributed by atoms with Crippen LogP contribution in [0.15, 0.2) is 35.1 Å². The Kier molecular flexibility index (Phi) is 3.84. The van der Waals surface area contributed by atoms with E-state index in [9.17, 15) is 14.4 Å². The molecule has 20 heavy (non-hydrogen) atoms. The highest BCUT2D eigenvalue weighted by atomic mass is 16.5. The second-order valence-corrected chi connectivity index (χ2v) is 4.33. The number of aromatic amines is 1. The van der Waals surface area contributed by atoms with Crippen LogP contribution >= 0.6 is 0 Å². The van der Waals surface area contributed by atoms with Gasteiger partial charge in [-0.1, -0.05) is 12.1 Å². The third-order valence-electron chi connectivity index (χ3n) is 2.91. The first-order valence-electron chi connectivity index (χ1n) is 5.97. The topological polar surface area (TPSA) is 79.5 Å². The molecule has 0 atom stereocenters. The Labute approximate surface area is 115 Å². The van der Waals surface area contributed by atoms with Gasteiger partial charge in [-0.15, -0.1) is 0 Å². The van der Waals surface area contributed by atoms with Gasteiger partial charge < -0.3 is 14.6 Å². The SMILES string of the molecule is COC(=O)CN(C)C(=O)c1cc(=O)c2ccccc2[nH]1. The summed E-state index contributed by atoms with van der Waals surface area (Å²) in [6.45, 7) is -0.176. The Morgan fingerprint density at radius 2 is 2.00 bits per heavy atom. The van der Waals surface area contributed by atoms with Crippen molar-refractivity contribution >= 4 is 22.8 Å². The second-order valence-electron chi connectivity index (χ2n) is 4.33. The Morgan fingerprint density at radius 3 is 2.70 bits per heavy atom. The lowest BCUT2D eigenvalue weighted by Crippen LogP contribution is -2.33. The molecule has 1 aromatic heterocycles. The molecule has 0 bridgehead atoms. The van der Waals surface area contributed by atoms with Gasteiger partial charge in [0, 0.05) is 24.0 Å². The fraction of sp³-hybridized carbons (Fsp3) is 0.214. The van der Waals surface area contributed by atoms with Crippen LogP contribution in [0.4, 0.5) is 0 Å². The van der Waals surface area contributed by atoms with E-state index >= 15 is 0 Å². The van der Waals surface area contributed by atoms with Crippen LogP contribution in [0.5, 0.6) is 0 Å². The lowest BCUT2D eigenvalue weighted by Gasteiger charge is -2.15. The highest BCUT2D eigenvalue weighted by Crippen LogP contribution is 2.08. The average Bonchev–Trinajstić information content (AvgIpc) is 2.46. The zero-order chi connectivity index (χ0) is 14.7. The van der Waals surface area contributed by atoms with Crippen molar-refractivity contribution in [3.05, 3.63) is 46.2 Å². The van der Waals surface area contributed by atoms with E-state index in [0.29, 0.717) is 10.9 Å². The first kappa shape index (κ1) is 13.8. The number of nitrogens with one attached hydrogen (secondary N) is 1. The highest BCUT2D eigenvalue weighted by molar-refractivity contribution is 5.96. The van der Waals surface area contributed by atoms with E-state index in [0.717, 1.165) is 0 Å². The molecule has 0 unspecified atom stereocenters. The smallest absolute Gasteiger partial charge is 0.325 e. The van der Waals surface area contributed by atoms with Crippen LogP contribution < -0.4 is 5.43 Å². The summed E-state index contributed by atoms with van der Waals surface area (Å²) in [5.74, 6) is -0.970. The molecule has 0 aliphatic rings. The maximum absolute atomic E-state index is 12.1. The number of fused-ring (bicyclic) bond motifs is 1. The largest absolute Gasteiger partial charge is 0.468 e. The molecule has 0 aliphatic heterocycles. The first-order chi connectivity index (χ1) is 9.52. The molecule has 1 aromatic carbocycles. The number of ether oxygens (including phenoxy) is 1. The summed E-state index contributed by atoms with van der Waals surface area (Å²) < 4.78 is 4.50. The number of hydrogen-bond donors (Lipinski definition) is 1. The predicted molar refractivity (Wildman–Crippen MR) is 73.5 cm³/mol. The van der Waals surface area contributed by atoms with E-state index in [4.69, 9.17) is 0 Å². The average molecular weight is 274 g/mol. The number of likely N-dealkylation sites (N-methyl/N-ethyl adjacent to an activating group) is 1. The summed E-state index contributed by atoms with van der Waals surface area (Å²) in [7, 11) is 2.71. The quantitative estimate of drug-likeness (QED) is 0.838. The van der Waals surface area contributed by atoms with Crippen LogP contribution in [0.2, 0.25) is 0 Å². The van der Waals surface area contributed by atoms with Crippen molar-refractivity contribution in [2.24, 2.45) is 0 Å². The van der Waals surface area contributed by atoms with Gasteiger partial charge in [-0.3, -0.25) is 14.4 Å². The third-order valence-corrected chi connectivity index (χ3v) is 2.91. The van der Waals surface area contributed by atoms with Gasteiger partial charge >= 0.3 is 5.97 Å². The number of para-hydroxylation sites is 1. The number of esters is 1. The maximum atomic E-state index is 12.1. The zero-order valence-corrected chi connectivity index (χ0v) is 11.2. The van der Waals surface area contributed by atoms with Gasteiger partial charge in [0.1, 0.15) is 12.2 Å². The van der Waals surface area contributed by atoms with Crippen LogP contribution in [0, 0.1) is 0 Å². The molecule has 0 saturated heterocycles. The van der Waals surface area contributed by atoms with Gasteiger partial charge in [0.05, 0.1) is 7.11 Å². The molecule has 1 N–H and O–H groups in total. The summed E-state index contributed by atoms with van der Waals surface area (Å²) >= 11 is 0. The monoisotopic (exact) mass is 274 g/mol. The Morgan fingerprint density at radius 1 is 1.30 bits per heavy atom. The number of amides is 1. The van der Waals surface area contributed by atoms with E-state index in [-0.39, 0.29) is 17.7 Å². The minimum absolute atomic E-state index is 0.139. The number of carbonyl (C=O) groups is 2. The summed E-state index contributed by atoms with van der Waals surface area (Å²) in [6, 6.07) is 8.15. The van der Waals surface area contributed by atoms with Gasteiger partial charge in [-0.25, -0.2) is 0 Å². The van der Waals surface area contributed by atoms with Gasteiger partial charge in [-0.05, 0) is 12.1 Å². The van der Waals surface area contributed by atoms with Gasteiger partial charge in [0.2, 0.25) is 0 Å². The highest BCUT2D eigenvalue weighted by Gasteiger charge is 2.17. The molecule has 2 aromatic rings. The molecule has 0 radical (unpaired) electrons.